The van der Waals surface area contributed by atoms with Gasteiger partial charge in [-0.25, -0.2) is 0 Å². The van der Waals surface area contributed by atoms with Gasteiger partial charge in [0.2, 0.25) is 0 Å². The van der Waals surface area contributed by atoms with Crippen LogP contribution in [-0.2, 0) is 0 Å². The molecule has 1 fully saturated rings. The third kappa shape index (κ3) is 2.26. The van der Waals surface area contributed by atoms with Crippen LogP contribution in [-0.4, -0.2) is 5.33 Å². The van der Waals surface area contributed by atoms with Gasteiger partial charge in [0.1, 0.15) is 0 Å². The fraction of sp³-hybridized carbons (Fsp3) is 1.00. The van der Waals surface area contributed by atoms with Crippen LogP contribution in [0.5, 0.6) is 0 Å². The van der Waals surface area contributed by atoms with Crippen molar-refractivity contribution in [3.63, 3.8) is 0 Å². The number of alkyl halides is 1. The van der Waals surface area contributed by atoms with Crippen LogP contribution in [0.2, 0.25) is 0 Å². The van der Waals surface area contributed by atoms with Gasteiger partial charge in [-0.1, -0.05) is 36.7 Å². The van der Waals surface area contributed by atoms with Gasteiger partial charge in [-0.05, 0) is 30.1 Å². The molecule has 0 saturated heterocycles. The van der Waals surface area contributed by atoms with Crippen LogP contribution in [0, 0.1) is 10.8 Å². The fourth-order valence-electron chi connectivity index (χ4n) is 1.59. The van der Waals surface area contributed by atoms with Crippen molar-refractivity contribution in [3.05, 3.63) is 0 Å². The molecule has 1 aliphatic carbocycles. The summed E-state index contributed by atoms with van der Waals surface area (Å²) in [6, 6.07) is 0. The Hall–Kier alpha value is 0.480. The molecule has 0 aliphatic heterocycles. The van der Waals surface area contributed by atoms with Gasteiger partial charge in [-0.3, -0.25) is 0 Å². The summed E-state index contributed by atoms with van der Waals surface area (Å²) in [7, 11) is 0. The van der Waals surface area contributed by atoms with Crippen LogP contribution < -0.4 is 0 Å². The van der Waals surface area contributed by atoms with Gasteiger partial charge in [0.25, 0.3) is 0 Å². The van der Waals surface area contributed by atoms with Crippen molar-refractivity contribution in [2.24, 2.45) is 10.8 Å². The maximum absolute atomic E-state index is 3.55. The van der Waals surface area contributed by atoms with E-state index in [1.807, 2.05) is 0 Å². The van der Waals surface area contributed by atoms with Crippen LogP contribution in [0.4, 0.5) is 0 Å². The van der Waals surface area contributed by atoms with Crippen LogP contribution >= 0.6 is 15.9 Å². The van der Waals surface area contributed by atoms with E-state index in [4.69, 9.17) is 0 Å². The van der Waals surface area contributed by atoms with Crippen molar-refractivity contribution in [2.75, 3.05) is 5.33 Å². The molecule has 0 spiro atoms. The highest BCUT2D eigenvalue weighted by Crippen LogP contribution is 2.52. The van der Waals surface area contributed by atoms with Gasteiger partial charge in [0, 0.05) is 5.33 Å². The number of halogens is 1. The van der Waals surface area contributed by atoms with Crippen LogP contribution in [0.25, 0.3) is 0 Å². The van der Waals surface area contributed by atoms with Crippen molar-refractivity contribution in [1.29, 1.82) is 0 Å². The summed E-state index contributed by atoms with van der Waals surface area (Å²) in [4.78, 5) is 0. The molecular weight excluding hydrogens is 188 g/mol. The van der Waals surface area contributed by atoms with Gasteiger partial charge in [0.05, 0.1) is 0 Å². The molecule has 1 aliphatic rings. The summed E-state index contributed by atoms with van der Waals surface area (Å²) in [5, 5.41) is 1.13. The van der Waals surface area contributed by atoms with E-state index in [0.717, 1.165) is 5.33 Å². The predicted molar refractivity (Wildman–Crippen MR) is 49.5 cm³/mol. The first kappa shape index (κ1) is 8.58. The summed E-state index contributed by atoms with van der Waals surface area (Å²) in [6.07, 6.45) is 4.28. The zero-order valence-electron chi connectivity index (χ0n) is 7.21. The molecule has 0 N–H and O–H groups in total. The molecule has 0 amide bonds. The zero-order chi connectivity index (χ0) is 7.83. The Labute approximate surface area is 72.5 Å². The van der Waals surface area contributed by atoms with Crippen molar-refractivity contribution >= 4 is 15.9 Å². The Morgan fingerprint density at radius 1 is 1.40 bits per heavy atom. The van der Waals surface area contributed by atoms with Crippen molar-refractivity contribution < 1.29 is 0 Å². The number of rotatable bonds is 3. The summed E-state index contributed by atoms with van der Waals surface area (Å²) in [5.74, 6) is 0. The first-order chi connectivity index (χ1) is 4.47. The molecule has 1 rings (SSSR count). The zero-order valence-corrected chi connectivity index (χ0v) is 8.79. The largest absolute Gasteiger partial charge is 0.0922 e. The Balaban J connectivity index is 2.36. The van der Waals surface area contributed by atoms with Crippen molar-refractivity contribution in [2.45, 2.75) is 40.0 Å². The molecule has 1 saturated carbocycles. The minimum absolute atomic E-state index is 0.505. The molecule has 0 bridgehead atoms. The third-order valence-electron chi connectivity index (χ3n) is 2.37. The van der Waals surface area contributed by atoms with Crippen molar-refractivity contribution in [1.82, 2.24) is 0 Å². The Kier molecular flexibility index (Phi) is 2.15. The summed E-state index contributed by atoms with van der Waals surface area (Å²) >= 11 is 3.55. The second-order valence-electron chi connectivity index (χ2n) is 4.79. The van der Waals surface area contributed by atoms with E-state index in [9.17, 15) is 0 Å². The highest BCUT2D eigenvalue weighted by atomic mass is 79.9. The quantitative estimate of drug-likeness (QED) is 0.617. The summed E-state index contributed by atoms with van der Waals surface area (Å²) in [6.45, 7) is 7.08. The van der Waals surface area contributed by atoms with Crippen LogP contribution in [0.15, 0.2) is 0 Å². The lowest BCUT2D eigenvalue weighted by atomic mass is 9.84. The van der Waals surface area contributed by atoms with Gasteiger partial charge in [-0.2, -0.15) is 0 Å². The molecule has 0 aromatic carbocycles. The highest BCUT2D eigenvalue weighted by Gasteiger charge is 2.41. The fourth-order valence-corrected chi connectivity index (χ4v) is 1.79. The van der Waals surface area contributed by atoms with E-state index < -0.39 is 0 Å². The second-order valence-corrected chi connectivity index (χ2v) is 5.35. The van der Waals surface area contributed by atoms with Gasteiger partial charge in [-0.15, -0.1) is 0 Å². The Bertz CT molecular complexity index is 123. The average Bonchev–Trinajstić information content (AvgIpc) is 2.47. The molecule has 0 aromatic heterocycles. The van der Waals surface area contributed by atoms with E-state index in [1.165, 1.54) is 19.3 Å². The molecule has 10 heavy (non-hydrogen) atoms. The summed E-state index contributed by atoms with van der Waals surface area (Å²) < 4.78 is 0. The standard InChI is InChI=1S/C9H17Br/c1-8(2,7-10)6-9(3)4-5-9/h4-7H2,1-3H3. The van der Waals surface area contributed by atoms with E-state index >= 15 is 0 Å². The SMILES string of the molecule is CC(C)(CBr)CC1(C)CC1. The molecular formula is C9H17Br. The van der Waals surface area contributed by atoms with E-state index in [2.05, 4.69) is 36.7 Å². The minimum Gasteiger partial charge on any atom is -0.0922 e. The molecule has 0 atom stereocenters. The van der Waals surface area contributed by atoms with E-state index in [0.29, 0.717) is 10.8 Å². The molecule has 0 nitrogen and oxygen atoms in total. The van der Waals surface area contributed by atoms with E-state index in [1.54, 1.807) is 0 Å². The van der Waals surface area contributed by atoms with Crippen LogP contribution in [0.1, 0.15) is 40.0 Å². The molecule has 0 unspecified atom stereocenters. The lowest BCUT2D eigenvalue weighted by Crippen LogP contribution is -2.17. The van der Waals surface area contributed by atoms with Crippen LogP contribution in [0.3, 0.4) is 0 Å². The minimum atomic E-state index is 0.505. The highest BCUT2D eigenvalue weighted by molar-refractivity contribution is 9.09. The van der Waals surface area contributed by atoms with Gasteiger partial charge >= 0.3 is 0 Å². The predicted octanol–water partition coefficient (Wildman–Crippen LogP) is 3.60. The Morgan fingerprint density at radius 2 is 1.90 bits per heavy atom. The summed E-state index contributed by atoms with van der Waals surface area (Å²) in [5.41, 5.74) is 1.21. The second kappa shape index (κ2) is 2.51. The van der Waals surface area contributed by atoms with Gasteiger partial charge < -0.3 is 0 Å². The normalized spacial score (nSPS) is 22.8. The number of hydrogen-bond donors (Lipinski definition) is 0. The Morgan fingerprint density at radius 3 is 2.20 bits per heavy atom. The monoisotopic (exact) mass is 204 g/mol. The molecule has 1 heteroatoms. The molecule has 0 radical (unpaired) electrons. The van der Waals surface area contributed by atoms with Gasteiger partial charge in [0.15, 0.2) is 0 Å². The number of hydrogen-bond acceptors (Lipinski definition) is 0. The molecule has 60 valence electrons. The first-order valence-electron chi connectivity index (χ1n) is 4.04. The molecule has 0 aromatic rings. The lowest BCUT2D eigenvalue weighted by Gasteiger charge is -2.25. The van der Waals surface area contributed by atoms with Crippen molar-refractivity contribution in [3.8, 4) is 0 Å². The third-order valence-corrected chi connectivity index (χ3v) is 3.89. The topological polar surface area (TPSA) is 0 Å². The molecule has 0 heterocycles. The average molecular weight is 205 g/mol. The maximum atomic E-state index is 3.55. The first-order valence-corrected chi connectivity index (χ1v) is 5.16. The lowest BCUT2D eigenvalue weighted by molar-refractivity contribution is 0.302. The van der Waals surface area contributed by atoms with E-state index in [-0.39, 0.29) is 0 Å². The maximum Gasteiger partial charge on any atom is 0.00828 e. The smallest absolute Gasteiger partial charge is 0.00828 e.